The molecule has 0 aromatic carbocycles. The zero-order chi connectivity index (χ0) is 17.0. The summed E-state index contributed by atoms with van der Waals surface area (Å²) >= 11 is 3.27. The molecule has 1 atom stereocenters. The minimum atomic E-state index is -0.540. The van der Waals surface area contributed by atoms with Gasteiger partial charge in [0.05, 0.1) is 24.9 Å². The average molecular weight is 386 g/mol. The lowest BCUT2D eigenvalue weighted by Crippen LogP contribution is -2.46. The molecule has 0 N–H and O–H groups in total. The smallest absolute Gasteiger partial charge is 0.410 e. The van der Waals surface area contributed by atoms with Crippen LogP contribution in [0.5, 0.6) is 0 Å². The highest BCUT2D eigenvalue weighted by Gasteiger charge is 2.39. The van der Waals surface area contributed by atoms with Crippen LogP contribution in [0.2, 0.25) is 0 Å². The number of rotatable bonds is 6. The molecule has 0 aliphatic heterocycles. The summed E-state index contributed by atoms with van der Waals surface area (Å²) in [6.07, 6.45) is 1.88. The van der Waals surface area contributed by atoms with Crippen LogP contribution in [0.25, 0.3) is 0 Å². The van der Waals surface area contributed by atoms with E-state index in [1.165, 1.54) is 0 Å². The molecule has 1 aromatic rings. The minimum absolute atomic E-state index is 0.000275. The Bertz CT molecular complexity index is 526. The van der Waals surface area contributed by atoms with Crippen molar-refractivity contribution in [3.8, 4) is 0 Å². The molecule has 1 aliphatic rings. The molecule has 1 unspecified atom stereocenters. The number of carbonyl (C=O) groups excluding carboxylic acids is 1. The number of nitrogens with zero attached hydrogens (tertiary/aromatic N) is 3. The number of methoxy groups -OCH3 is 1. The van der Waals surface area contributed by atoms with Crippen LogP contribution >= 0.6 is 15.9 Å². The molecule has 0 bridgehead atoms. The number of amides is 1. The van der Waals surface area contributed by atoms with Crippen molar-refractivity contribution in [1.29, 1.82) is 0 Å². The standard InChI is InChI=1S/C16H24BrN3O3/c1-16(2,3)23-15(21)20(13(10-22-4)11-5-6-11)9-12-7-8-14(17)19-18-12/h7-8,11,13H,5-6,9-10H2,1-4H3. The van der Waals surface area contributed by atoms with Crippen LogP contribution in [0.1, 0.15) is 39.3 Å². The third-order valence-corrected chi connectivity index (χ3v) is 3.97. The maximum atomic E-state index is 12.7. The van der Waals surface area contributed by atoms with Gasteiger partial charge in [0.1, 0.15) is 10.2 Å². The van der Waals surface area contributed by atoms with Gasteiger partial charge in [0.2, 0.25) is 0 Å². The van der Waals surface area contributed by atoms with Gasteiger partial charge in [-0.1, -0.05) is 0 Å². The maximum Gasteiger partial charge on any atom is 0.410 e. The highest BCUT2D eigenvalue weighted by Crippen LogP contribution is 2.36. The van der Waals surface area contributed by atoms with Gasteiger partial charge < -0.3 is 9.47 Å². The van der Waals surface area contributed by atoms with Gasteiger partial charge in [0.25, 0.3) is 0 Å². The van der Waals surface area contributed by atoms with Crippen LogP contribution in [0.4, 0.5) is 4.79 Å². The predicted octanol–water partition coefficient (Wildman–Crippen LogP) is 3.40. The van der Waals surface area contributed by atoms with Crippen molar-refractivity contribution in [3.05, 3.63) is 22.4 Å². The third kappa shape index (κ3) is 5.73. The molecule has 6 nitrogen and oxygen atoms in total. The second-order valence-corrected chi connectivity index (χ2v) is 7.63. The van der Waals surface area contributed by atoms with E-state index in [0.29, 0.717) is 23.7 Å². The lowest BCUT2D eigenvalue weighted by molar-refractivity contribution is -0.000694. The van der Waals surface area contributed by atoms with Gasteiger partial charge in [-0.2, -0.15) is 5.10 Å². The molecule has 0 radical (unpaired) electrons. The molecule has 1 fully saturated rings. The Morgan fingerprint density at radius 1 is 1.39 bits per heavy atom. The topological polar surface area (TPSA) is 64.5 Å². The summed E-state index contributed by atoms with van der Waals surface area (Å²) in [5, 5.41) is 8.12. The molecule has 23 heavy (non-hydrogen) atoms. The van der Waals surface area contributed by atoms with E-state index in [1.807, 2.05) is 32.9 Å². The highest BCUT2D eigenvalue weighted by molar-refractivity contribution is 9.10. The van der Waals surface area contributed by atoms with Gasteiger partial charge in [0, 0.05) is 7.11 Å². The van der Waals surface area contributed by atoms with Crippen molar-refractivity contribution in [3.63, 3.8) is 0 Å². The predicted molar refractivity (Wildman–Crippen MR) is 89.9 cm³/mol. The lowest BCUT2D eigenvalue weighted by atomic mass is 10.1. The largest absolute Gasteiger partial charge is 0.444 e. The summed E-state index contributed by atoms with van der Waals surface area (Å²) in [6, 6.07) is 3.67. The van der Waals surface area contributed by atoms with Crippen LogP contribution in [-0.4, -0.2) is 46.6 Å². The first-order valence-electron chi connectivity index (χ1n) is 7.77. The molecule has 1 heterocycles. The minimum Gasteiger partial charge on any atom is -0.444 e. The average Bonchev–Trinajstić information content (AvgIpc) is 3.27. The first kappa shape index (κ1) is 18.1. The van der Waals surface area contributed by atoms with Gasteiger partial charge in [0.15, 0.2) is 0 Å². The number of carbonyl (C=O) groups is 1. The van der Waals surface area contributed by atoms with E-state index in [4.69, 9.17) is 9.47 Å². The zero-order valence-corrected chi connectivity index (χ0v) is 15.7. The summed E-state index contributed by atoms with van der Waals surface area (Å²) < 4.78 is 11.6. The summed E-state index contributed by atoms with van der Waals surface area (Å²) in [5.41, 5.74) is 0.183. The number of halogens is 1. The quantitative estimate of drug-likeness (QED) is 0.750. The fourth-order valence-corrected chi connectivity index (χ4v) is 2.58. The van der Waals surface area contributed by atoms with E-state index in [1.54, 1.807) is 12.0 Å². The Morgan fingerprint density at radius 3 is 2.57 bits per heavy atom. The van der Waals surface area contributed by atoms with Crippen molar-refractivity contribution < 1.29 is 14.3 Å². The molecule has 0 spiro atoms. The van der Waals surface area contributed by atoms with E-state index < -0.39 is 5.60 Å². The summed E-state index contributed by atoms with van der Waals surface area (Å²) in [6.45, 7) is 6.45. The molecule has 128 valence electrons. The number of aromatic nitrogens is 2. The Morgan fingerprint density at radius 2 is 2.09 bits per heavy atom. The molecule has 1 saturated carbocycles. The molecular formula is C16H24BrN3O3. The van der Waals surface area contributed by atoms with Crippen LogP contribution < -0.4 is 0 Å². The molecule has 7 heteroatoms. The Labute approximate surface area is 145 Å². The van der Waals surface area contributed by atoms with Gasteiger partial charge in [-0.25, -0.2) is 4.79 Å². The van der Waals surface area contributed by atoms with Gasteiger partial charge >= 0.3 is 6.09 Å². The third-order valence-electron chi connectivity index (χ3n) is 3.55. The van der Waals surface area contributed by atoms with Gasteiger partial charge in [-0.05, 0) is 67.6 Å². The first-order chi connectivity index (χ1) is 10.8. The summed E-state index contributed by atoms with van der Waals surface area (Å²) in [7, 11) is 1.65. The molecule has 1 amide bonds. The van der Waals surface area contributed by atoms with Crippen molar-refractivity contribution in [1.82, 2.24) is 15.1 Å². The second kappa shape index (κ2) is 7.57. The molecule has 2 rings (SSSR count). The Balaban J connectivity index is 2.18. The van der Waals surface area contributed by atoms with Crippen LogP contribution in [-0.2, 0) is 16.0 Å². The monoisotopic (exact) mass is 385 g/mol. The van der Waals surface area contributed by atoms with E-state index in [9.17, 15) is 4.79 Å². The molecular weight excluding hydrogens is 362 g/mol. The maximum absolute atomic E-state index is 12.7. The Kier molecular flexibility index (Phi) is 5.97. The van der Waals surface area contributed by atoms with Crippen molar-refractivity contribution in [2.75, 3.05) is 13.7 Å². The number of hydrogen-bond acceptors (Lipinski definition) is 5. The first-order valence-corrected chi connectivity index (χ1v) is 8.56. The van der Waals surface area contributed by atoms with Crippen molar-refractivity contribution in [2.24, 2.45) is 5.92 Å². The van der Waals surface area contributed by atoms with Gasteiger partial charge in [-0.15, -0.1) is 5.10 Å². The normalized spacial score (nSPS) is 16.0. The van der Waals surface area contributed by atoms with E-state index in [2.05, 4.69) is 26.1 Å². The van der Waals surface area contributed by atoms with Crippen molar-refractivity contribution >= 4 is 22.0 Å². The highest BCUT2D eigenvalue weighted by atomic mass is 79.9. The van der Waals surface area contributed by atoms with E-state index >= 15 is 0 Å². The van der Waals surface area contributed by atoms with Gasteiger partial charge in [-0.3, -0.25) is 4.90 Å². The summed E-state index contributed by atoms with van der Waals surface area (Å²) in [5.74, 6) is 0.464. The van der Waals surface area contributed by atoms with Crippen LogP contribution in [0.3, 0.4) is 0 Å². The fraction of sp³-hybridized carbons (Fsp3) is 0.688. The molecule has 1 aromatic heterocycles. The van der Waals surface area contributed by atoms with Crippen molar-refractivity contribution in [2.45, 2.75) is 51.8 Å². The number of hydrogen-bond donors (Lipinski definition) is 0. The van der Waals surface area contributed by atoms with Crippen LogP contribution in [0.15, 0.2) is 16.7 Å². The fourth-order valence-electron chi connectivity index (χ4n) is 2.37. The number of ether oxygens (including phenoxy) is 2. The molecule has 0 saturated heterocycles. The van der Waals surface area contributed by atoms with E-state index in [0.717, 1.165) is 18.5 Å². The SMILES string of the molecule is COCC(C1CC1)N(Cc1ccc(Br)nn1)C(=O)OC(C)(C)C. The van der Waals surface area contributed by atoms with Crippen LogP contribution in [0, 0.1) is 5.92 Å². The Hall–Kier alpha value is -1.21. The summed E-state index contributed by atoms with van der Waals surface area (Å²) in [4.78, 5) is 14.4. The zero-order valence-electron chi connectivity index (χ0n) is 14.1. The lowest BCUT2D eigenvalue weighted by Gasteiger charge is -2.33. The second-order valence-electron chi connectivity index (χ2n) is 6.82. The van der Waals surface area contributed by atoms with E-state index in [-0.39, 0.29) is 12.1 Å². The molecule has 1 aliphatic carbocycles.